The van der Waals surface area contributed by atoms with E-state index >= 15 is 0 Å². The van der Waals surface area contributed by atoms with E-state index in [0.717, 1.165) is 16.3 Å². The molecule has 0 bridgehead atoms. The molecule has 18 heavy (non-hydrogen) atoms. The van der Waals surface area contributed by atoms with E-state index in [-0.39, 0.29) is 17.3 Å². The third-order valence-corrected chi connectivity index (χ3v) is 3.58. The predicted octanol–water partition coefficient (Wildman–Crippen LogP) is 2.23. The highest BCUT2D eigenvalue weighted by atomic mass is 79.9. The van der Waals surface area contributed by atoms with Crippen LogP contribution in [0, 0.1) is 0 Å². The van der Waals surface area contributed by atoms with Gasteiger partial charge in [-0.1, -0.05) is 33.2 Å². The molecule has 1 heterocycles. The number of nitrogen functional groups attached to an aromatic ring is 1. The van der Waals surface area contributed by atoms with Gasteiger partial charge in [-0.05, 0) is 17.7 Å². The first kappa shape index (κ1) is 13.1. The van der Waals surface area contributed by atoms with Crippen LogP contribution in [-0.4, -0.2) is 19.8 Å². The molecule has 96 valence electrons. The Kier molecular flexibility index (Phi) is 3.45. The molecule has 7 heteroatoms. The number of sulfone groups is 1. The third kappa shape index (κ3) is 2.91. The van der Waals surface area contributed by atoms with Crippen LogP contribution >= 0.6 is 15.9 Å². The summed E-state index contributed by atoms with van der Waals surface area (Å²) in [6, 6.07) is 7.34. The molecular formula is C11H11BrN2O3S. The van der Waals surface area contributed by atoms with Gasteiger partial charge in [0, 0.05) is 10.7 Å². The summed E-state index contributed by atoms with van der Waals surface area (Å²) in [5.74, 6) is 0.221. The van der Waals surface area contributed by atoms with Crippen LogP contribution in [0.4, 0.5) is 5.82 Å². The van der Waals surface area contributed by atoms with Crippen molar-refractivity contribution in [3.8, 4) is 11.1 Å². The second kappa shape index (κ2) is 4.74. The van der Waals surface area contributed by atoms with Crippen molar-refractivity contribution in [2.75, 3.05) is 12.0 Å². The van der Waals surface area contributed by atoms with Crippen molar-refractivity contribution in [2.45, 2.75) is 5.75 Å². The maximum absolute atomic E-state index is 11.3. The van der Waals surface area contributed by atoms with Crippen LogP contribution in [0.2, 0.25) is 0 Å². The van der Waals surface area contributed by atoms with Crippen molar-refractivity contribution < 1.29 is 12.9 Å². The molecule has 0 atom stereocenters. The molecule has 0 aliphatic carbocycles. The SMILES string of the molecule is CS(=O)(=O)Cc1onc(N)c1-c1cccc(Br)c1. The van der Waals surface area contributed by atoms with Crippen LogP contribution in [-0.2, 0) is 15.6 Å². The Bertz CT molecular complexity index is 679. The van der Waals surface area contributed by atoms with Gasteiger partial charge in [0.25, 0.3) is 0 Å². The zero-order chi connectivity index (χ0) is 13.3. The first-order valence-corrected chi connectivity index (χ1v) is 7.90. The Morgan fingerprint density at radius 2 is 2.17 bits per heavy atom. The van der Waals surface area contributed by atoms with Crippen LogP contribution in [0.5, 0.6) is 0 Å². The summed E-state index contributed by atoms with van der Waals surface area (Å²) >= 11 is 3.35. The summed E-state index contributed by atoms with van der Waals surface area (Å²) in [7, 11) is -3.21. The van der Waals surface area contributed by atoms with Gasteiger partial charge in [0.15, 0.2) is 21.4 Å². The molecule has 0 unspecified atom stereocenters. The Labute approximate surface area is 113 Å². The minimum absolute atomic E-state index is 0.187. The number of hydrogen-bond acceptors (Lipinski definition) is 5. The lowest BCUT2D eigenvalue weighted by Crippen LogP contribution is -2.01. The molecular weight excluding hydrogens is 320 g/mol. The van der Waals surface area contributed by atoms with Crippen LogP contribution in [0.15, 0.2) is 33.3 Å². The number of hydrogen-bond donors (Lipinski definition) is 1. The predicted molar refractivity (Wildman–Crippen MR) is 72.6 cm³/mol. The highest BCUT2D eigenvalue weighted by Gasteiger charge is 2.19. The average Bonchev–Trinajstić information content (AvgIpc) is 2.57. The molecule has 1 aromatic carbocycles. The number of halogens is 1. The fourth-order valence-electron chi connectivity index (χ4n) is 1.63. The van der Waals surface area contributed by atoms with Crippen LogP contribution < -0.4 is 5.73 Å². The van der Waals surface area contributed by atoms with E-state index < -0.39 is 9.84 Å². The van der Waals surface area contributed by atoms with Gasteiger partial charge in [-0.25, -0.2) is 8.42 Å². The molecule has 1 aromatic heterocycles. The lowest BCUT2D eigenvalue weighted by Gasteiger charge is -2.02. The monoisotopic (exact) mass is 330 g/mol. The van der Waals surface area contributed by atoms with Crippen molar-refractivity contribution in [1.82, 2.24) is 5.16 Å². The zero-order valence-corrected chi connectivity index (χ0v) is 12.0. The van der Waals surface area contributed by atoms with Gasteiger partial charge in [-0.3, -0.25) is 0 Å². The molecule has 2 N–H and O–H groups in total. The normalized spacial score (nSPS) is 11.7. The molecule has 0 fully saturated rings. The number of benzene rings is 1. The molecule has 0 spiro atoms. The first-order chi connectivity index (χ1) is 8.37. The smallest absolute Gasteiger partial charge is 0.175 e. The summed E-state index contributed by atoms with van der Waals surface area (Å²) in [5, 5.41) is 3.63. The van der Waals surface area contributed by atoms with E-state index in [9.17, 15) is 8.42 Å². The van der Waals surface area contributed by atoms with Gasteiger partial charge in [0.2, 0.25) is 0 Å². The lowest BCUT2D eigenvalue weighted by atomic mass is 10.1. The fourth-order valence-corrected chi connectivity index (χ4v) is 2.70. The minimum atomic E-state index is -3.21. The number of nitrogens with two attached hydrogens (primary N) is 1. The first-order valence-electron chi connectivity index (χ1n) is 5.04. The fraction of sp³-hybridized carbons (Fsp3) is 0.182. The second-order valence-electron chi connectivity index (χ2n) is 3.95. The molecule has 0 amide bonds. The Balaban J connectivity index is 2.54. The third-order valence-electron chi connectivity index (χ3n) is 2.30. The standard InChI is InChI=1S/C11H11BrN2O3S/c1-18(15,16)6-9-10(11(13)14-17-9)7-3-2-4-8(12)5-7/h2-5H,6H2,1H3,(H2,13,14). The Morgan fingerprint density at radius 3 is 2.78 bits per heavy atom. The quantitative estimate of drug-likeness (QED) is 0.932. The van der Waals surface area contributed by atoms with Crippen molar-refractivity contribution in [3.05, 3.63) is 34.5 Å². The van der Waals surface area contributed by atoms with E-state index in [0.29, 0.717) is 5.56 Å². The second-order valence-corrected chi connectivity index (χ2v) is 7.00. The van der Waals surface area contributed by atoms with Gasteiger partial charge in [0.05, 0.1) is 5.56 Å². The van der Waals surface area contributed by atoms with Gasteiger partial charge in [-0.2, -0.15) is 0 Å². The molecule has 0 radical (unpaired) electrons. The van der Waals surface area contributed by atoms with Crippen molar-refractivity contribution >= 4 is 31.6 Å². The van der Waals surface area contributed by atoms with E-state index in [1.807, 2.05) is 24.3 Å². The number of rotatable bonds is 3. The highest BCUT2D eigenvalue weighted by molar-refractivity contribution is 9.10. The van der Waals surface area contributed by atoms with E-state index in [1.54, 1.807) is 0 Å². The Hall–Kier alpha value is -1.34. The summed E-state index contributed by atoms with van der Waals surface area (Å²) in [6.07, 6.45) is 1.14. The molecule has 2 rings (SSSR count). The summed E-state index contributed by atoms with van der Waals surface area (Å²) in [6.45, 7) is 0. The number of nitrogens with zero attached hydrogens (tertiary/aromatic N) is 1. The molecule has 0 aliphatic heterocycles. The molecule has 0 aliphatic rings. The van der Waals surface area contributed by atoms with Crippen LogP contribution in [0.3, 0.4) is 0 Å². The van der Waals surface area contributed by atoms with Crippen LogP contribution in [0.25, 0.3) is 11.1 Å². The summed E-state index contributed by atoms with van der Waals surface area (Å²) < 4.78 is 28.5. The van der Waals surface area contributed by atoms with Crippen LogP contribution in [0.1, 0.15) is 5.76 Å². The Morgan fingerprint density at radius 1 is 1.44 bits per heavy atom. The van der Waals surface area contributed by atoms with E-state index in [1.165, 1.54) is 0 Å². The minimum Gasteiger partial charge on any atom is -0.380 e. The average molecular weight is 331 g/mol. The number of aromatic nitrogens is 1. The largest absolute Gasteiger partial charge is 0.380 e. The van der Waals surface area contributed by atoms with Crippen molar-refractivity contribution in [2.24, 2.45) is 0 Å². The van der Waals surface area contributed by atoms with Gasteiger partial charge in [0.1, 0.15) is 5.75 Å². The highest BCUT2D eigenvalue weighted by Crippen LogP contribution is 2.32. The summed E-state index contributed by atoms with van der Waals surface area (Å²) in [5.41, 5.74) is 7.02. The van der Waals surface area contributed by atoms with Crippen molar-refractivity contribution in [3.63, 3.8) is 0 Å². The van der Waals surface area contributed by atoms with Gasteiger partial charge < -0.3 is 10.3 Å². The van der Waals surface area contributed by atoms with E-state index in [4.69, 9.17) is 10.3 Å². The zero-order valence-electron chi connectivity index (χ0n) is 9.55. The number of anilines is 1. The molecule has 5 nitrogen and oxygen atoms in total. The van der Waals surface area contributed by atoms with Gasteiger partial charge >= 0.3 is 0 Å². The summed E-state index contributed by atoms with van der Waals surface area (Å²) in [4.78, 5) is 0. The topological polar surface area (TPSA) is 86.2 Å². The van der Waals surface area contributed by atoms with Crippen molar-refractivity contribution in [1.29, 1.82) is 0 Å². The maximum Gasteiger partial charge on any atom is 0.175 e. The maximum atomic E-state index is 11.3. The molecule has 2 aromatic rings. The molecule has 0 saturated heterocycles. The van der Waals surface area contributed by atoms with Gasteiger partial charge in [-0.15, -0.1) is 0 Å². The lowest BCUT2D eigenvalue weighted by molar-refractivity contribution is 0.396. The van der Waals surface area contributed by atoms with E-state index in [2.05, 4.69) is 21.1 Å². The molecule has 0 saturated carbocycles.